The largest absolute Gasteiger partial charge is 0.335 e. The number of likely N-dealkylation sites (tertiary alicyclic amines) is 1. The van der Waals surface area contributed by atoms with Gasteiger partial charge in [-0.2, -0.15) is 10.2 Å². The number of carbonyl (C=O) groups is 1. The molecule has 2 aliphatic rings. The molecule has 1 aromatic carbocycles. The molecular weight excluding hydrogens is 418 g/mol. The number of nitrogens with zero attached hydrogens (tertiary/aromatic N) is 5. The predicted molar refractivity (Wildman–Crippen MR) is 110 cm³/mol. The van der Waals surface area contributed by atoms with Crippen molar-refractivity contribution < 1.29 is 4.79 Å². The Bertz CT molecular complexity index is 993. The van der Waals surface area contributed by atoms with Crippen LogP contribution in [-0.4, -0.2) is 43.5 Å². The van der Waals surface area contributed by atoms with Crippen molar-refractivity contribution in [2.24, 2.45) is 0 Å². The van der Waals surface area contributed by atoms with Crippen molar-refractivity contribution >= 4 is 21.8 Å². The van der Waals surface area contributed by atoms with E-state index in [0.717, 1.165) is 54.4 Å². The number of aromatic nitrogens is 4. The highest BCUT2D eigenvalue weighted by Crippen LogP contribution is 2.30. The molecule has 1 saturated heterocycles. The standard InChI is InChI=1S/C21H22BrN5O/c22-15-6-8-16(9-7-15)27-19-5-2-1-4-18(19)20(24-27)21(28)25-13-10-17(14-25)26-12-3-11-23-26/h3,6-9,11-12,17H,1-2,4-5,10,13-14H2. The minimum Gasteiger partial charge on any atom is -0.335 e. The van der Waals surface area contributed by atoms with Gasteiger partial charge in [0, 0.05) is 41.2 Å². The summed E-state index contributed by atoms with van der Waals surface area (Å²) in [5.41, 5.74) is 3.98. The topological polar surface area (TPSA) is 56.0 Å². The number of amides is 1. The highest BCUT2D eigenvalue weighted by atomic mass is 79.9. The molecular formula is C21H22BrN5O. The smallest absolute Gasteiger partial charge is 0.274 e. The first-order valence-electron chi connectivity index (χ1n) is 9.86. The number of benzene rings is 1. The molecule has 28 heavy (non-hydrogen) atoms. The zero-order valence-electron chi connectivity index (χ0n) is 15.6. The molecule has 6 nitrogen and oxygen atoms in total. The van der Waals surface area contributed by atoms with Gasteiger partial charge in [0.05, 0.1) is 11.7 Å². The lowest BCUT2D eigenvalue weighted by atomic mass is 9.95. The van der Waals surface area contributed by atoms with Gasteiger partial charge < -0.3 is 4.90 Å². The van der Waals surface area contributed by atoms with E-state index in [1.165, 1.54) is 5.69 Å². The van der Waals surface area contributed by atoms with Crippen molar-refractivity contribution in [2.75, 3.05) is 13.1 Å². The van der Waals surface area contributed by atoms with Crippen molar-refractivity contribution in [1.29, 1.82) is 0 Å². The predicted octanol–water partition coefficient (Wildman–Crippen LogP) is 3.80. The number of fused-ring (bicyclic) bond motifs is 1. The number of hydrogen-bond acceptors (Lipinski definition) is 3. The van der Waals surface area contributed by atoms with Crippen LogP contribution in [0.3, 0.4) is 0 Å². The van der Waals surface area contributed by atoms with Gasteiger partial charge in [0.25, 0.3) is 5.91 Å². The third-order valence-corrected chi connectivity index (χ3v) is 6.33. The summed E-state index contributed by atoms with van der Waals surface area (Å²) in [7, 11) is 0. The molecule has 144 valence electrons. The van der Waals surface area contributed by atoms with Crippen LogP contribution in [0, 0.1) is 0 Å². The molecule has 1 unspecified atom stereocenters. The summed E-state index contributed by atoms with van der Waals surface area (Å²) in [6, 6.07) is 10.3. The fraction of sp³-hybridized carbons (Fsp3) is 0.381. The summed E-state index contributed by atoms with van der Waals surface area (Å²) >= 11 is 3.49. The monoisotopic (exact) mass is 439 g/mol. The van der Waals surface area contributed by atoms with Gasteiger partial charge >= 0.3 is 0 Å². The number of halogens is 1. The lowest BCUT2D eigenvalue weighted by Crippen LogP contribution is -2.30. The molecule has 1 atom stereocenters. The maximum atomic E-state index is 13.3. The van der Waals surface area contributed by atoms with Gasteiger partial charge in [0.15, 0.2) is 5.69 Å². The molecule has 0 bridgehead atoms. The lowest BCUT2D eigenvalue weighted by molar-refractivity contribution is 0.0779. The van der Waals surface area contributed by atoms with E-state index in [9.17, 15) is 4.79 Å². The Hall–Kier alpha value is -2.41. The Morgan fingerprint density at radius 2 is 1.96 bits per heavy atom. The molecule has 3 heterocycles. The first kappa shape index (κ1) is 17.7. The summed E-state index contributed by atoms with van der Waals surface area (Å²) in [5, 5.41) is 9.15. The Labute approximate surface area is 172 Å². The molecule has 2 aromatic heterocycles. The summed E-state index contributed by atoms with van der Waals surface area (Å²) in [6.45, 7) is 1.45. The second kappa shape index (κ2) is 7.20. The van der Waals surface area contributed by atoms with Crippen LogP contribution in [0.5, 0.6) is 0 Å². The van der Waals surface area contributed by atoms with Crippen LogP contribution in [0.4, 0.5) is 0 Å². The van der Waals surface area contributed by atoms with Crippen molar-refractivity contribution in [3.8, 4) is 5.69 Å². The van der Waals surface area contributed by atoms with Crippen LogP contribution in [0.1, 0.15) is 47.1 Å². The van der Waals surface area contributed by atoms with E-state index in [1.807, 2.05) is 50.8 Å². The minimum absolute atomic E-state index is 0.0590. The third-order valence-electron chi connectivity index (χ3n) is 5.80. The molecule has 0 radical (unpaired) electrons. The molecule has 1 aliphatic carbocycles. The molecule has 1 fully saturated rings. The van der Waals surface area contributed by atoms with Gasteiger partial charge in [0.1, 0.15) is 0 Å². The third kappa shape index (κ3) is 3.07. The van der Waals surface area contributed by atoms with E-state index in [1.54, 1.807) is 6.20 Å². The summed E-state index contributed by atoms with van der Waals surface area (Å²) in [6.07, 6.45) is 8.88. The first-order valence-corrected chi connectivity index (χ1v) is 10.6. The Kier molecular flexibility index (Phi) is 4.55. The van der Waals surface area contributed by atoms with Crippen LogP contribution in [0.25, 0.3) is 5.69 Å². The van der Waals surface area contributed by atoms with Crippen molar-refractivity contribution in [3.63, 3.8) is 0 Å². The maximum absolute atomic E-state index is 13.3. The molecule has 5 rings (SSSR count). The van der Waals surface area contributed by atoms with Crippen molar-refractivity contribution in [1.82, 2.24) is 24.5 Å². The van der Waals surface area contributed by atoms with Crippen LogP contribution in [-0.2, 0) is 12.8 Å². The maximum Gasteiger partial charge on any atom is 0.274 e. The van der Waals surface area contributed by atoms with Crippen molar-refractivity contribution in [3.05, 3.63) is 64.1 Å². The molecule has 0 saturated carbocycles. The SMILES string of the molecule is O=C(c1nn(-c2ccc(Br)cc2)c2c1CCCC2)N1CCC(n2cccn2)C1. The Morgan fingerprint density at radius 1 is 1.14 bits per heavy atom. The van der Waals surface area contributed by atoms with Crippen LogP contribution in [0.2, 0.25) is 0 Å². The Balaban J connectivity index is 1.46. The summed E-state index contributed by atoms with van der Waals surface area (Å²) in [4.78, 5) is 15.3. The molecule has 0 N–H and O–H groups in total. The van der Waals surface area contributed by atoms with Gasteiger partial charge in [-0.3, -0.25) is 9.48 Å². The van der Waals surface area contributed by atoms with E-state index >= 15 is 0 Å². The van der Waals surface area contributed by atoms with Gasteiger partial charge in [-0.15, -0.1) is 0 Å². The van der Waals surface area contributed by atoms with E-state index in [-0.39, 0.29) is 11.9 Å². The fourth-order valence-electron chi connectivity index (χ4n) is 4.36. The first-order chi connectivity index (χ1) is 13.7. The van der Waals surface area contributed by atoms with Gasteiger partial charge in [0.2, 0.25) is 0 Å². The average molecular weight is 440 g/mol. The molecule has 7 heteroatoms. The second-order valence-electron chi connectivity index (χ2n) is 7.55. The van der Waals surface area contributed by atoms with E-state index < -0.39 is 0 Å². The van der Waals surface area contributed by atoms with Gasteiger partial charge in [-0.1, -0.05) is 15.9 Å². The number of rotatable bonds is 3. The summed E-state index contributed by atoms with van der Waals surface area (Å²) in [5.74, 6) is 0.0590. The lowest BCUT2D eigenvalue weighted by Gasteiger charge is -2.17. The summed E-state index contributed by atoms with van der Waals surface area (Å²) < 4.78 is 4.98. The zero-order valence-corrected chi connectivity index (χ0v) is 17.2. The van der Waals surface area contributed by atoms with E-state index in [2.05, 4.69) is 21.0 Å². The van der Waals surface area contributed by atoms with Crippen LogP contribution in [0.15, 0.2) is 47.2 Å². The Morgan fingerprint density at radius 3 is 2.75 bits per heavy atom. The zero-order chi connectivity index (χ0) is 19.1. The van der Waals surface area contributed by atoms with Crippen LogP contribution >= 0.6 is 15.9 Å². The van der Waals surface area contributed by atoms with Crippen LogP contribution < -0.4 is 0 Å². The second-order valence-corrected chi connectivity index (χ2v) is 8.46. The number of hydrogen-bond donors (Lipinski definition) is 0. The average Bonchev–Trinajstić information content (AvgIpc) is 3.47. The highest BCUT2D eigenvalue weighted by molar-refractivity contribution is 9.10. The van der Waals surface area contributed by atoms with Crippen molar-refractivity contribution in [2.45, 2.75) is 38.1 Å². The molecule has 1 aliphatic heterocycles. The molecule has 3 aromatic rings. The van der Waals surface area contributed by atoms with E-state index in [0.29, 0.717) is 12.2 Å². The van der Waals surface area contributed by atoms with Gasteiger partial charge in [-0.05, 0) is 62.4 Å². The number of carbonyl (C=O) groups excluding carboxylic acids is 1. The van der Waals surface area contributed by atoms with Gasteiger partial charge in [-0.25, -0.2) is 4.68 Å². The fourth-order valence-corrected chi connectivity index (χ4v) is 4.62. The highest BCUT2D eigenvalue weighted by Gasteiger charge is 2.33. The normalized spacial score (nSPS) is 19.0. The minimum atomic E-state index is 0.0590. The molecule has 0 spiro atoms. The molecule has 1 amide bonds. The van der Waals surface area contributed by atoms with E-state index in [4.69, 9.17) is 5.10 Å². The quantitative estimate of drug-likeness (QED) is 0.623.